The molecule has 0 aromatic heterocycles. The minimum Gasteiger partial charge on any atom is -0.380 e. The van der Waals surface area contributed by atoms with E-state index in [4.69, 9.17) is 10.5 Å². The minimum absolute atomic E-state index is 0. The monoisotopic (exact) mass is 375 g/mol. The molecule has 0 aliphatic rings. The highest BCUT2D eigenvalue weighted by Gasteiger charge is 2.00. The van der Waals surface area contributed by atoms with E-state index in [0.29, 0.717) is 25.7 Å². The first kappa shape index (κ1) is 17.9. The second-order valence-corrected chi connectivity index (χ2v) is 4.21. The van der Waals surface area contributed by atoms with Crippen molar-refractivity contribution in [3.05, 3.63) is 47.5 Å². The Morgan fingerprint density at radius 1 is 1.37 bits per heavy atom. The van der Waals surface area contributed by atoms with Crippen molar-refractivity contribution in [3.8, 4) is 0 Å². The van der Waals surface area contributed by atoms with E-state index >= 15 is 0 Å². The lowest BCUT2D eigenvalue weighted by Crippen LogP contribution is -2.32. The number of rotatable bonds is 6. The zero-order valence-electron chi connectivity index (χ0n) is 11.5. The fourth-order valence-electron chi connectivity index (χ4n) is 1.48. The fourth-order valence-corrected chi connectivity index (χ4v) is 1.48. The zero-order chi connectivity index (χ0) is 13.4. The maximum atomic E-state index is 5.76. The lowest BCUT2D eigenvalue weighted by Gasteiger charge is -2.08. The van der Waals surface area contributed by atoms with Crippen molar-refractivity contribution in [2.75, 3.05) is 13.7 Å². The normalized spacial score (nSPS) is 10.7. The Morgan fingerprint density at radius 2 is 2.00 bits per heavy atom. The minimum atomic E-state index is 0. The van der Waals surface area contributed by atoms with Gasteiger partial charge in [-0.3, -0.25) is 0 Å². The molecule has 0 saturated carbocycles. The molecule has 0 radical (unpaired) electrons. The Morgan fingerprint density at radius 3 is 2.58 bits per heavy atom. The Balaban J connectivity index is 0.00000324. The van der Waals surface area contributed by atoms with Crippen LogP contribution in [0.5, 0.6) is 0 Å². The summed E-state index contributed by atoms with van der Waals surface area (Å²) >= 11 is 0. The zero-order valence-corrected chi connectivity index (χ0v) is 13.8. The molecule has 0 bridgehead atoms. The van der Waals surface area contributed by atoms with Crippen molar-refractivity contribution in [3.63, 3.8) is 0 Å². The topological polar surface area (TPSA) is 59.6 Å². The standard InChI is InChI=1S/C14H21N3O.HI/c1-11(2)8-16-14(15)17-9-12-6-4-5-7-13(12)10-18-3;/h4-7H,1,8-10H2,2-3H3,(H3,15,16,17);1H. The number of nitrogens with one attached hydrogen (secondary N) is 1. The maximum Gasteiger partial charge on any atom is 0.189 e. The quantitative estimate of drug-likeness (QED) is 0.348. The van der Waals surface area contributed by atoms with Crippen molar-refractivity contribution >= 4 is 29.9 Å². The molecule has 0 saturated heterocycles. The molecule has 1 aromatic carbocycles. The molecular weight excluding hydrogens is 353 g/mol. The van der Waals surface area contributed by atoms with E-state index in [2.05, 4.69) is 16.9 Å². The smallest absolute Gasteiger partial charge is 0.189 e. The number of methoxy groups -OCH3 is 1. The summed E-state index contributed by atoms with van der Waals surface area (Å²) in [6.07, 6.45) is 0. The van der Waals surface area contributed by atoms with Gasteiger partial charge in [-0.1, -0.05) is 36.4 Å². The van der Waals surface area contributed by atoms with E-state index < -0.39 is 0 Å². The number of hydrogen-bond donors (Lipinski definition) is 2. The van der Waals surface area contributed by atoms with E-state index in [-0.39, 0.29) is 24.0 Å². The number of aliphatic imine (C=N–C) groups is 1. The van der Waals surface area contributed by atoms with E-state index in [1.807, 2.05) is 31.2 Å². The van der Waals surface area contributed by atoms with Gasteiger partial charge in [-0.2, -0.15) is 0 Å². The second kappa shape index (κ2) is 9.80. The number of hydrogen-bond acceptors (Lipinski definition) is 2. The van der Waals surface area contributed by atoms with Crippen molar-refractivity contribution in [2.45, 2.75) is 20.1 Å². The molecule has 19 heavy (non-hydrogen) atoms. The Bertz CT molecular complexity index is 432. The van der Waals surface area contributed by atoms with Gasteiger partial charge in [0.05, 0.1) is 13.2 Å². The van der Waals surface area contributed by atoms with E-state index in [1.54, 1.807) is 7.11 Å². The van der Waals surface area contributed by atoms with Crippen LogP contribution >= 0.6 is 24.0 Å². The first-order valence-corrected chi connectivity index (χ1v) is 5.87. The molecule has 0 aliphatic heterocycles. The van der Waals surface area contributed by atoms with Crippen molar-refractivity contribution in [1.29, 1.82) is 0 Å². The first-order chi connectivity index (χ1) is 8.63. The third-order valence-electron chi connectivity index (χ3n) is 2.41. The fraction of sp³-hybridized carbons (Fsp3) is 0.357. The van der Waals surface area contributed by atoms with Crippen LogP contribution in [0, 0.1) is 0 Å². The van der Waals surface area contributed by atoms with Crippen LogP contribution in [0.25, 0.3) is 0 Å². The van der Waals surface area contributed by atoms with Gasteiger partial charge >= 0.3 is 0 Å². The molecule has 3 N–H and O–H groups in total. The van der Waals surface area contributed by atoms with Gasteiger partial charge in [-0.05, 0) is 18.1 Å². The summed E-state index contributed by atoms with van der Waals surface area (Å²) in [5.74, 6) is 0.435. The summed E-state index contributed by atoms with van der Waals surface area (Å²) < 4.78 is 5.15. The molecule has 106 valence electrons. The summed E-state index contributed by atoms with van der Waals surface area (Å²) in [6.45, 7) is 7.52. The van der Waals surface area contributed by atoms with Gasteiger partial charge in [0.25, 0.3) is 0 Å². The number of nitrogens with two attached hydrogens (primary N) is 1. The van der Waals surface area contributed by atoms with Crippen LogP contribution in [-0.2, 0) is 17.9 Å². The number of halogens is 1. The first-order valence-electron chi connectivity index (χ1n) is 5.87. The highest BCUT2D eigenvalue weighted by atomic mass is 127. The average Bonchev–Trinajstić information content (AvgIpc) is 2.35. The predicted octanol–water partition coefficient (Wildman–Crippen LogP) is 2.43. The van der Waals surface area contributed by atoms with Gasteiger partial charge in [-0.25, -0.2) is 4.99 Å². The van der Waals surface area contributed by atoms with E-state index in [0.717, 1.165) is 16.7 Å². The molecule has 0 aliphatic carbocycles. The maximum absolute atomic E-state index is 5.76. The molecule has 1 rings (SSSR count). The number of benzene rings is 1. The van der Waals surface area contributed by atoms with E-state index in [9.17, 15) is 0 Å². The summed E-state index contributed by atoms with van der Waals surface area (Å²) in [5, 5.41) is 3.00. The molecule has 0 fully saturated rings. The van der Waals surface area contributed by atoms with Crippen LogP contribution in [0.4, 0.5) is 0 Å². The highest BCUT2D eigenvalue weighted by molar-refractivity contribution is 14.0. The molecule has 0 heterocycles. The van der Waals surface area contributed by atoms with Crippen LogP contribution in [0.15, 0.2) is 41.4 Å². The molecule has 0 spiro atoms. The van der Waals surface area contributed by atoms with Crippen molar-refractivity contribution in [2.24, 2.45) is 10.7 Å². The van der Waals surface area contributed by atoms with Crippen molar-refractivity contribution in [1.82, 2.24) is 5.32 Å². The van der Waals surface area contributed by atoms with Crippen LogP contribution in [0.3, 0.4) is 0 Å². The van der Waals surface area contributed by atoms with Gasteiger partial charge in [0.1, 0.15) is 0 Å². The second-order valence-electron chi connectivity index (χ2n) is 4.21. The van der Waals surface area contributed by atoms with Crippen LogP contribution < -0.4 is 11.1 Å². The molecule has 1 aromatic rings. The highest BCUT2D eigenvalue weighted by Crippen LogP contribution is 2.10. The van der Waals surface area contributed by atoms with Crippen LogP contribution in [0.2, 0.25) is 0 Å². The average molecular weight is 375 g/mol. The molecule has 4 nitrogen and oxygen atoms in total. The van der Waals surface area contributed by atoms with Gasteiger partial charge in [0, 0.05) is 13.7 Å². The Hall–Kier alpha value is -1.08. The Kier molecular flexibility index (Phi) is 9.24. The van der Waals surface area contributed by atoms with Crippen LogP contribution in [0.1, 0.15) is 18.1 Å². The number of nitrogens with zero attached hydrogens (tertiary/aromatic N) is 1. The van der Waals surface area contributed by atoms with E-state index in [1.165, 1.54) is 0 Å². The molecule has 5 heteroatoms. The summed E-state index contributed by atoms with van der Waals surface area (Å²) in [4.78, 5) is 4.30. The summed E-state index contributed by atoms with van der Waals surface area (Å²) in [6, 6.07) is 8.04. The lowest BCUT2D eigenvalue weighted by molar-refractivity contribution is 0.184. The number of ether oxygens (including phenoxy) is 1. The predicted molar refractivity (Wildman–Crippen MR) is 90.7 cm³/mol. The molecule has 0 atom stereocenters. The molecule has 0 amide bonds. The molecular formula is C14H22IN3O. The van der Waals surface area contributed by atoms with Crippen molar-refractivity contribution < 1.29 is 4.74 Å². The van der Waals surface area contributed by atoms with Gasteiger partial charge in [-0.15, -0.1) is 24.0 Å². The third kappa shape index (κ3) is 7.17. The number of guanidine groups is 1. The van der Waals surface area contributed by atoms with Crippen LogP contribution in [-0.4, -0.2) is 19.6 Å². The van der Waals surface area contributed by atoms with Gasteiger partial charge in [0.15, 0.2) is 5.96 Å². The summed E-state index contributed by atoms with van der Waals surface area (Å²) in [7, 11) is 1.68. The lowest BCUT2D eigenvalue weighted by atomic mass is 10.1. The van der Waals surface area contributed by atoms with Gasteiger partial charge in [0.2, 0.25) is 0 Å². The SMILES string of the molecule is C=C(C)CNC(N)=NCc1ccccc1COC.I. The van der Waals surface area contributed by atoms with Gasteiger partial charge < -0.3 is 15.8 Å². The summed E-state index contributed by atoms with van der Waals surface area (Å²) in [5.41, 5.74) is 9.04. The third-order valence-corrected chi connectivity index (χ3v) is 2.41. The Labute approximate surface area is 132 Å². The largest absolute Gasteiger partial charge is 0.380 e. The molecule has 0 unspecified atom stereocenters.